The standard InChI is InChI=1S/C10H18N2O3/c1-10(2,3)15-9(14)12-5-8(13)6-4-7(6)11/h6-7H,4-5,11H2,1-3H3,(H,12,14). The first-order chi connectivity index (χ1) is 6.79. The van der Waals surface area contributed by atoms with Crippen LogP contribution in [0.1, 0.15) is 27.2 Å². The lowest BCUT2D eigenvalue weighted by Crippen LogP contribution is -2.36. The van der Waals surface area contributed by atoms with Crippen molar-refractivity contribution in [2.75, 3.05) is 6.54 Å². The van der Waals surface area contributed by atoms with Crippen LogP contribution in [0.5, 0.6) is 0 Å². The number of hydrogen-bond acceptors (Lipinski definition) is 4. The molecular weight excluding hydrogens is 196 g/mol. The fourth-order valence-corrected chi connectivity index (χ4v) is 1.19. The van der Waals surface area contributed by atoms with Crippen LogP contribution in [-0.2, 0) is 9.53 Å². The van der Waals surface area contributed by atoms with E-state index in [1.54, 1.807) is 20.8 Å². The van der Waals surface area contributed by atoms with E-state index in [-0.39, 0.29) is 24.3 Å². The Bertz CT molecular complexity index is 270. The van der Waals surface area contributed by atoms with Gasteiger partial charge in [-0.3, -0.25) is 4.79 Å². The van der Waals surface area contributed by atoms with Gasteiger partial charge in [-0.2, -0.15) is 0 Å². The quantitative estimate of drug-likeness (QED) is 0.713. The molecule has 0 radical (unpaired) electrons. The summed E-state index contributed by atoms with van der Waals surface area (Å²) in [5.74, 6) is -0.0895. The molecule has 1 fully saturated rings. The van der Waals surface area contributed by atoms with Gasteiger partial charge in [0.25, 0.3) is 0 Å². The fraction of sp³-hybridized carbons (Fsp3) is 0.800. The van der Waals surface area contributed by atoms with E-state index < -0.39 is 11.7 Å². The van der Waals surface area contributed by atoms with Crippen LogP contribution in [0.25, 0.3) is 0 Å². The second-order valence-electron chi connectivity index (χ2n) is 4.83. The summed E-state index contributed by atoms with van der Waals surface area (Å²) in [6, 6.07) is -0.0158. The van der Waals surface area contributed by atoms with Crippen molar-refractivity contribution in [3.63, 3.8) is 0 Å². The summed E-state index contributed by atoms with van der Waals surface area (Å²) in [5, 5.41) is 2.41. The third-order valence-corrected chi connectivity index (χ3v) is 2.06. The lowest BCUT2D eigenvalue weighted by molar-refractivity contribution is -0.119. The van der Waals surface area contributed by atoms with Gasteiger partial charge in [-0.1, -0.05) is 0 Å². The van der Waals surface area contributed by atoms with Gasteiger partial charge in [0.05, 0.1) is 6.54 Å². The van der Waals surface area contributed by atoms with Crippen LogP contribution in [-0.4, -0.2) is 30.1 Å². The number of amides is 1. The van der Waals surface area contributed by atoms with E-state index in [1.807, 2.05) is 0 Å². The predicted molar refractivity (Wildman–Crippen MR) is 55.3 cm³/mol. The largest absolute Gasteiger partial charge is 0.444 e. The minimum atomic E-state index is -0.565. The Morgan fingerprint density at radius 2 is 2.00 bits per heavy atom. The van der Waals surface area contributed by atoms with E-state index in [0.717, 1.165) is 6.42 Å². The molecule has 2 unspecified atom stereocenters. The maximum atomic E-state index is 11.3. The highest BCUT2D eigenvalue weighted by molar-refractivity contribution is 5.88. The lowest BCUT2D eigenvalue weighted by Gasteiger charge is -2.19. The first-order valence-corrected chi connectivity index (χ1v) is 5.05. The van der Waals surface area contributed by atoms with Crippen molar-refractivity contribution in [3.8, 4) is 0 Å². The number of ether oxygens (including phenoxy) is 1. The predicted octanol–water partition coefficient (Wildman–Crippen LogP) is 0.427. The topological polar surface area (TPSA) is 81.4 Å². The van der Waals surface area contributed by atoms with Gasteiger partial charge in [0.15, 0.2) is 5.78 Å². The summed E-state index contributed by atoms with van der Waals surface area (Å²) in [4.78, 5) is 22.5. The van der Waals surface area contributed by atoms with E-state index in [4.69, 9.17) is 10.5 Å². The third kappa shape index (κ3) is 4.29. The molecule has 0 aliphatic heterocycles. The molecule has 5 heteroatoms. The van der Waals surface area contributed by atoms with Gasteiger partial charge >= 0.3 is 6.09 Å². The van der Waals surface area contributed by atoms with Crippen LogP contribution in [0.3, 0.4) is 0 Å². The number of hydrogen-bond donors (Lipinski definition) is 2. The van der Waals surface area contributed by atoms with Crippen molar-refractivity contribution in [3.05, 3.63) is 0 Å². The molecule has 1 saturated carbocycles. The van der Waals surface area contributed by atoms with Gasteiger partial charge in [0, 0.05) is 12.0 Å². The minimum Gasteiger partial charge on any atom is -0.444 e. The molecule has 2 atom stereocenters. The Morgan fingerprint density at radius 3 is 2.40 bits per heavy atom. The normalized spacial score (nSPS) is 24.5. The number of alkyl carbamates (subject to hydrolysis) is 1. The Balaban J connectivity index is 2.20. The summed E-state index contributed by atoms with van der Waals surface area (Å²) in [7, 11) is 0. The molecule has 86 valence electrons. The van der Waals surface area contributed by atoms with E-state index >= 15 is 0 Å². The van der Waals surface area contributed by atoms with Crippen molar-refractivity contribution in [2.24, 2.45) is 11.7 Å². The zero-order valence-electron chi connectivity index (χ0n) is 9.37. The van der Waals surface area contributed by atoms with Crippen molar-refractivity contribution < 1.29 is 14.3 Å². The molecule has 1 rings (SSSR count). The highest BCUT2D eigenvalue weighted by Gasteiger charge is 2.39. The maximum Gasteiger partial charge on any atom is 0.408 e. The molecule has 0 aromatic rings. The first-order valence-electron chi connectivity index (χ1n) is 5.05. The Morgan fingerprint density at radius 1 is 1.47 bits per heavy atom. The summed E-state index contributed by atoms with van der Waals surface area (Å²) in [6.45, 7) is 5.31. The molecule has 1 amide bonds. The molecule has 0 aromatic heterocycles. The number of carbonyl (C=O) groups excluding carboxylic acids is 2. The number of nitrogens with one attached hydrogen (secondary N) is 1. The summed E-state index contributed by atoms with van der Waals surface area (Å²) >= 11 is 0. The van der Waals surface area contributed by atoms with Crippen LogP contribution in [0.2, 0.25) is 0 Å². The van der Waals surface area contributed by atoms with Crippen LogP contribution in [0.4, 0.5) is 4.79 Å². The third-order valence-electron chi connectivity index (χ3n) is 2.06. The van der Waals surface area contributed by atoms with Gasteiger partial charge in [0.1, 0.15) is 5.60 Å². The first kappa shape index (κ1) is 12.0. The summed E-state index contributed by atoms with van der Waals surface area (Å²) in [5.41, 5.74) is 4.97. The molecule has 1 aliphatic carbocycles. The van der Waals surface area contributed by atoms with Crippen LogP contribution < -0.4 is 11.1 Å². The molecular formula is C10H18N2O3. The van der Waals surface area contributed by atoms with Crippen LogP contribution >= 0.6 is 0 Å². The molecule has 0 spiro atoms. The molecule has 3 N–H and O–H groups in total. The molecule has 0 heterocycles. The van der Waals surface area contributed by atoms with Gasteiger partial charge < -0.3 is 15.8 Å². The SMILES string of the molecule is CC(C)(C)OC(=O)NCC(=O)C1CC1N. The lowest BCUT2D eigenvalue weighted by atomic mass is 10.2. The molecule has 0 aromatic carbocycles. The molecule has 0 saturated heterocycles. The zero-order valence-corrected chi connectivity index (χ0v) is 9.37. The van der Waals surface area contributed by atoms with Gasteiger partial charge in [0.2, 0.25) is 0 Å². The fourth-order valence-electron chi connectivity index (χ4n) is 1.19. The highest BCUT2D eigenvalue weighted by atomic mass is 16.6. The van der Waals surface area contributed by atoms with Crippen LogP contribution in [0, 0.1) is 5.92 Å². The van der Waals surface area contributed by atoms with E-state index in [2.05, 4.69) is 5.32 Å². The maximum absolute atomic E-state index is 11.3. The number of carbonyl (C=O) groups is 2. The minimum absolute atomic E-state index is 0.00722. The van der Waals surface area contributed by atoms with Gasteiger partial charge in [-0.05, 0) is 27.2 Å². The molecule has 0 bridgehead atoms. The molecule has 15 heavy (non-hydrogen) atoms. The second-order valence-corrected chi connectivity index (χ2v) is 4.83. The average molecular weight is 214 g/mol. The Kier molecular flexibility index (Phi) is 3.34. The van der Waals surface area contributed by atoms with Crippen LogP contribution in [0.15, 0.2) is 0 Å². The van der Waals surface area contributed by atoms with Crippen molar-refractivity contribution in [1.29, 1.82) is 0 Å². The number of rotatable bonds is 3. The summed E-state index contributed by atoms with van der Waals surface area (Å²) in [6.07, 6.45) is 0.166. The second kappa shape index (κ2) is 4.18. The molecule has 5 nitrogen and oxygen atoms in total. The average Bonchev–Trinajstić information content (AvgIpc) is 2.75. The number of Topliss-reactive ketones (excluding diaryl/α,β-unsaturated/α-hetero) is 1. The smallest absolute Gasteiger partial charge is 0.408 e. The summed E-state index contributed by atoms with van der Waals surface area (Å²) < 4.78 is 4.98. The zero-order chi connectivity index (χ0) is 11.6. The number of nitrogens with two attached hydrogens (primary N) is 1. The van der Waals surface area contributed by atoms with E-state index in [0.29, 0.717) is 0 Å². The monoisotopic (exact) mass is 214 g/mol. The highest BCUT2D eigenvalue weighted by Crippen LogP contribution is 2.28. The number of ketones is 1. The Hall–Kier alpha value is -1.10. The van der Waals surface area contributed by atoms with E-state index in [9.17, 15) is 9.59 Å². The van der Waals surface area contributed by atoms with Crippen molar-refractivity contribution >= 4 is 11.9 Å². The van der Waals surface area contributed by atoms with Gasteiger partial charge in [-0.15, -0.1) is 0 Å². The van der Waals surface area contributed by atoms with E-state index in [1.165, 1.54) is 0 Å². The van der Waals surface area contributed by atoms with Gasteiger partial charge in [-0.25, -0.2) is 4.79 Å². The molecule has 1 aliphatic rings. The van der Waals surface area contributed by atoms with Crippen molar-refractivity contribution in [1.82, 2.24) is 5.32 Å². The van der Waals surface area contributed by atoms with Crippen molar-refractivity contribution in [2.45, 2.75) is 38.8 Å². The Labute approximate surface area is 89.3 Å².